The number of ether oxygens (including phenoxy) is 1. The first-order valence-electron chi connectivity index (χ1n) is 5.09. The van der Waals surface area contributed by atoms with Crippen LogP contribution >= 0.6 is 0 Å². The highest BCUT2D eigenvalue weighted by Gasteiger charge is 2.12. The second kappa shape index (κ2) is 5.35. The lowest BCUT2D eigenvalue weighted by Gasteiger charge is -2.12. The number of Topliss-reactive ketones (excluding diaryl/α,β-unsaturated/α-hetero) is 1. The summed E-state index contributed by atoms with van der Waals surface area (Å²) in [5.74, 6) is 0.740. The van der Waals surface area contributed by atoms with Crippen LogP contribution in [0.15, 0.2) is 30.5 Å². The summed E-state index contributed by atoms with van der Waals surface area (Å²) in [5, 5.41) is 0. The van der Waals surface area contributed by atoms with E-state index in [0.29, 0.717) is 11.3 Å². The van der Waals surface area contributed by atoms with Crippen LogP contribution in [0.5, 0.6) is 5.75 Å². The lowest BCUT2D eigenvalue weighted by molar-refractivity contribution is -0.111. The average molecular weight is 219 g/mol. The van der Waals surface area contributed by atoms with Crippen LogP contribution in [0, 0.1) is 0 Å². The van der Waals surface area contributed by atoms with Crippen molar-refractivity contribution in [1.82, 2.24) is 4.90 Å². The molecule has 0 N–H and O–H groups in total. The van der Waals surface area contributed by atoms with Crippen molar-refractivity contribution in [1.29, 1.82) is 0 Å². The third kappa shape index (κ3) is 2.86. The zero-order valence-electron chi connectivity index (χ0n) is 10.2. The molecule has 0 radical (unpaired) electrons. The number of allylic oxidation sites excluding steroid dienone is 1. The van der Waals surface area contributed by atoms with Gasteiger partial charge in [0.1, 0.15) is 5.75 Å². The van der Waals surface area contributed by atoms with Crippen LogP contribution in [-0.2, 0) is 4.79 Å². The first-order chi connectivity index (χ1) is 7.56. The number of nitrogens with zero attached hydrogens (tertiary/aromatic N) is 1. The summed E-state index contributed by atoms with van der Waals surface area (Å²) in [6, 6.07) is 7.51. The predicted octanol–water partition coefficient (Wildman–Crippen LogP) is 2.19. The molecule has 0 aromatic heterocycles. The molecule has 0 spiro atoms. The maximum atomic E-state index is 11.6. The number of para-hydroxylation sites is 1. The van der Waals surface area contributed by atoms with Crippen molar-refractivity contribution in [3.8, 4) is 5.75 Å². The number of carbonyl (C=O) groups excluding carboxylic acids is 1. The molecule has 1 rings (SSSR count). The van der Waals surface area contributed by atoms with Crippen LogP contribution in [0.2, 0.25) is 0 Å². The fourth-order valence-electron chi connectivity index (χ4n) is 1.48. The molecule has 0 saturated carbocycles. The van der Waals surface area contributed by atoms with Crippen molar-refractivity contribution in [2.24, 2.45) is 0 Å². The SMILES string of the molecule is COc1ccccc1C(=CN(C)C)C(C)=O. The third-order valence-corrected chi connectivity index (χ3v) is 2.16. The van der Waals surface area contributed by atoms with E-state index in [2.05, 4.69) is 0 Å². The van der Waals surface area contributed by atoms with Crippen LogP contribution in [0.25, 0.3) is 5.57 Å². The van der Waals surface area contributed by atoms with E-state index in [1.165, 1.54) is 0 Å². The maximum Gasteiger partial charge on any atom is 0.162 e. The number of methoxy groups -OCH3 is 1. The molecule has 86 valence electrons. The fraction of sp³-hybridized carbons (Fsp3) is 0.308. The molecule has 0 heterocycles. The van der Waals surface area contributed by atoms with Gasteiger partial charge in [0.15, 0.2) is 5.78 Å². The van der Waals surface area contributed by atoms with Crippen molar-refractivity contribution in [3.63, 3.8) is 0 Å². The lowest BCUT2D eigenvalue weighted by Crippen LogP contribution is -2.07. The Bertz CT molecular complexity index is 408. The van der Waals surface area contributed by atoms with E-state index in [-0.39, 0.29) is 5.78 Å². The largest absolute Gasteiger partial charge is 0.496 e. The molecule has 0 amide bonds. The minimum Gasteiger partial charge on any atom is -0.496 e. The van der Waals surface area contributed by atoms with E-state index >= 15 is 0 Å². The summed E-state index contributed by atoms with van der Waals surface area (Å²) in [4.78, 5) is 13.4. The molecule has 0 saturated heterocycles. The van der Waals surface area contributed by atoms with E-state index in [1.807, 2.05) is 43.3 Å². The predicted molar refractivity (Wildman–Crippen MR) is 65.3 cm³/mol. The second-order valence-electron chi connectivity index (χ2n) is 3.76. The molecule has 0 unspecified atom stereocenters. The van der Waals surface area contributed by atoms with E-state index in [1.54, 1.807) is 20.2 Å². The summed E-state index contributed by atoms with van der Waals surface area (Å²) in [6.45, 7) is 1.56. The van der Waals surface area contributed by atoms with Crippen LogP contribution < -0.4 is 4.74 Å². The number of ketones is 1. The molecule has 0 bridgehead atoms. The molecule has 0 fully saturated rings. The zero-order chi connectivity index (χ0) is 12.1. The second-order valence-corrected chi connectivity index (χ2v) is 3.76. The molecule has 3 heteroatoms. The van der Waals surface area contributed by atoms with Gasteiger partial charge in [-0.1, -0.05) is 18.2 Å². The monoisotopic (exact) mass is 219 g/mol. The molecule has 1 aromatic rings. The highest BCUT2D eigenvalue weighted by atomic mass is 16.5. The normalized spacial score (nSPS) is 11.1. The summed E-state index contributed by atoms with van der Waals surface area (Å²) >= 11 is 0. The van der Waals surface area contributed by atoms with Crippen molar-refractivity contribution >= 4 is 11.4 Å². The molecular weight excluding hydrogens is 202 g/mol. The molecule has 3 nitrogen and oxygen atoms in total. The zero-order valence-corrected chi connectivity index (χ0v) is 10.2. The summed E-state index contributed by atoms with van der Waals surface area (Å²) in [6.07, 6.45) is 1.81. The molecule has 0 atom stereocenters. The minimum atomic E-state index is 0.0261. The average Bonchev–Trinajstić information content (AvgIpc) is 2.25. The van der Waals surface area contributed by atoms with E-state index in [0.717, 1.165) is 5.56 Å². The van der Waals surface area contributed by atoms with Gasteiger partial charge in [0.2, 0.25) is 0 Å². The van der Waals surface area contributed by atoms with Gasteiger partial charge in [-0.05, 0) is 13.0 Å². The molecule has 16 heavy (non-hydrogen) atoms. The Hall–Kier alpha value is -1.77. The van der Waals surface area contributed by atoms with Crippen molar-refractivity contribution in [2.45, 2.75) is 6.92 Å². The number of hydrogen-bond acceptors (Lipinski definition) is 3. The van der Waals surface area contributed by atoms with Crippen molar-refractivity contribution in [3.05, 3.63) is 36.0 Å². The summed E-state index contributed by atoms with van der Waals surface area (Å²) in [7, 11) is 5.38. The first kappa shape index (κ1) is 12.3. The van der Waals surface area contributed by atoms with Crippen LogP contribution in [0.4, 0.5) is 0 Å². The van der Waals surface area contributed by atoms with E-state index in [4.69, 9.17) is 4.74 Å². The van der Waals surface area contributed by atoms with Gasteiger partial charge in [-0.2, -0.15) is 0 Å². The Morgan fingerprint density at radius 2 is 1.94 bits per heavy atom. The Morgan fingerprint density at radius 3 is 2.44 bits per heavy atom. The van der Waals surface area contributed by atoms with Gasteiger partial charge in [0.05, 0.1) is 7.11 Å². The Labute approximate surface area is 96.3 Å². The highest BCUT2D eigenvalue weighted by Crippen LogP contribution is 2.26. The van der Waals surface area contributed by atoms with Gasteiger partial charge in [-0.3, -0.25) is 4.79 Å². The maximum absolute atomic E-state index is 11.6. The number of rotatable bonds is 4. The van der Waals surface area contributed by atoms with Gasteiger partial charge in [-0.25, -0.2) is 0 Å². The Kier molecular flexibility index (Phi) is 4.11. The van der Waals surface area contributed by atoms with Crippen molar-refractivity contribution < 1.29 is 9.53 Å². The minimum absolute atomic E-state index is 0.0261. The number of carbonyl (C=O) groups is 1. The molecule has 0 aliphatic carbocycles. The quantitative estimate of drug-likeness (QED) is 0.727. The summed E-state index contributed by atoms with van der Waals surface area (Å²) < 4.78 is 5.25. The van der Waals surface area contributed by atoms with Gasteiger partial charge in [0, 0.05) is 31.4 Å². The van der Waals surface area contributed by atoms with Crippen LogP contribution in [0.1, 0.15) is 12.5 Å². The lowest BCUT2D eigenvalue weighted by atomic mass is 10.0. The van der Waals surface area contributed by atoms with Crippen LogP contribution in [0.3, 0.4) is 0 Å². The van der Waals surface area contributed by atoms with E-state index < -0.39 is 0 Å². The number of benzene rings is 1. The Morgan fingerprint density at radius 1 is 1.31 bits per heavy atom. The summed E-state index contributed by atoms with van der Waals surface area (Å²) in [5.41, 5.74) is 1.48. The van der Waals surface area contributed by atoms with Crippen LogP contribution in [-0.4, -0.2) is 31.9 Å². The third-order valence-electron chi connectivity index (χ3n) is 2.16. The highest BCUT2D eigenvalue weighted by molar-refractivity contribution is 6.20. The topological polar surface area (TPSA) is 29.5 Å². The molecular formula is C13H17NO2. The first-order valence-corrected chi connectivity index (χ1v) is 5.09. The van der Waals surface area contributed by atoms with E-state index in [9.17, 15) is 4.79 Å². The standard InChI is InChI=1S/C13H17NO2/c1-10(15)12(9-14(2)3)11-7-5-6-8-13(11)16-4/h5-9H,1-4H3. The molecule has 1 aromatic carbocycles. The van der Waals surface area contributed by atoms with Gasteiger partial charge in [-0.15, -0.1) is 0 Å². The Balaban J connectivity index is 3.26. The molecule has 0 aliphatic heterocycles. The fourth-order valence-corrected chi connectivity index (χ4v) is 1.48. The molecule has 0 aliphatic rings. The number of hydrogen-bond donors (Lipinski definition) is 0. The van der Waals surface area contributed by atoms with Gasteiger partial charge < -0.3 is 9.64 Å². The van der Waals surface area contributed by atoms with Crippen molar-refractivity contribution in [2.75, 3.05) is 21.2 Å². The van der Waals surface area contributed by atoms with Gasteiger partial charge >= 0.3 is 0 Å². The smallest absolute Gasteiger partial charge is 0.162 e. The van der Waals surface area contributed by atoms with Gasteiger partial charge in [0.25, 0.3) is 0 Å².